The first-order chi connectivity index (χ1) is 13.0. The van der Waals surface area contributed by atoms with Crippen molar-refractivity contribution >= 4 is 33.7 Å². The molecular formula is C19H26BrN3O5. The zero-order valence-corrected chi connectivity index (χ0v) is 17.9. The fourth-order valence-electron chi connectivity index (χ4n) is 2.84. The average Bonchev–Trinajstić information content (AvgIpc) is 2.59. The molecule has 0 aromatic heterocycles. The summed E-state index contributed by atoms with van der Waals surface area (Å²) in [6, 6.07) is 4.61. The molecule has 1 aliphatic rings. The maximum absolute atomic E-state index is 12.4. The van der Waals surface area contributed by atoms with Crippen LogP contribution >= 0.6 is 15.9 Å². The van der Waals surface area contributed by atoms with Gasteiger partial charge in [-0.3, -0.25) is 14.5 Å². The highest BCUT2D eigenvalue weighted by Gasteiger charge is 2.24. The average molecular weight is 456 g/mol. The van der Waals surface area contributed by atoms with Gasteiger partial charge in [-0.05, 0) is 39.0 Å². The van der Waals surface area contributed by atoms with Gasteiger partial charge < -0.3 is 20.1 Å². The number of amides is 2. The number of benzene rings is 1. The van der Waals surface area contributed by atoms with E-state index in [1.807, 2.05) is 25.7 Å². The van der Waals surface area contributed by atoms with E-state index in [0.29, 0.717) is 37.2 Å². The Hall–Kier alpha value is -2.13. The maximum atomic E-state index is 12.4. The van der Waals surface area contributed by atoms with E-state index in [1.165, 1.54) is 12.1 Å². The number of carboxylic acid groups (broad SMARTS) is 1. The number of aromatic carboxylic acids is 1. The molecule has 0 bridgehead atoms. The van der Waals surface area contributed by atoms with Crippen LogP contribution in [-0.4, -0.2) is 77.6 Å². The molecule has 0 unspecified atom stereocenters. The number of carboxylic acids is 1. The molecule has 0 radical (unpaired) electrons. The van der Waals surface area contributed by atoms with Crippen LogP contribution in [0, 0.1) is 0 Å². The number of carbonyl (C=O) groups excluding carboxylic acids is 2. The van der Waals surface area contributed by atoms with Crippen LogP contribution in [0.3, 0.4) is 0 Å². The quantitative estimate of drug-likeness (QED) is 0.675. The highest BCUT2D eigenvalue weighted by molar-refractivity contribution is 9.10. The summed E-state index contributed by atoms with van der Waals surface area (Å²) in [5, 5.41) is 12.2. The minimum atomic E-state index is -1.12. The van der Waals surface area contributed by atoms with E-state index in [0.717, 1.165) is 0 Å². The Balaban J connectivity index is 1.81. The topological polar surface area (TPSA) is 99.2 Å². The maximum Gasteiger partial charge on any atom is 0.339 e. The molecule has 1 fully saturated rings. The number of ether oxygens (including phenoxy) is 1. The lowest BCUT2D eigenvalue weighted by atomic mass is 10.1. The van der Waals surface area contributed by atoms with Crippen molar-refractivity contribution in [2.75, 3.05) is 39.3 Å². The van der Waals surface area contributed by atoms with Gasteiger partial charge in [-0.1, -0.05) is 15.9 Å². The van der Waals surface area contributed by atoms with Gasteiger partial charge in [-0.15, -0.1) is 0 Å². The van der Waals surface area contributed by atoms with Crippen LogP contribution in [0.4, 0.5) is 0 Å². The SMILES string of the molecule is CC(C)(C)NC(=O)CN1CCN(C(=O)COc2ccc(Br)cc2C(=O)O)CC1. The third-order valence-electron chi connectivity index (χ3n) is 4.13. The molecule has 1 saturated heterocycles. The van der Waals surface area contributed by atoms with Crippen molar-refractivity contribution in [1.82, 2.24) is 15.1 Å². The van der Waals surface area contributed by atoms with Gasteiger partial charge in [0.25, 0.3) is 5.91 Å². The Labute approximate surface area is 172 Å². The van der Waals surface area contributed by atoms with Crippen LogP contribution in [0.15, 0.2) is 22.7 Å². The molecule has 2 rings (SSSR count). The Morgan fingerprint density at radius 2 is 1.82 bits per heavy atom. The fraction of sp³-hybridized carbons (Fsp3) is 0.526. The second kappa shape index (κ2) is 9.38. The van der Waals surface area contributed by atoms with Crippen molar-refractivity contribution in [1.29, 1.82) is 0 Å². The molecule has 0 aliphatic carbocycles. The van der Waals surface area contributed by atoms with Gasteiger partial charge in [0.05, 0.1) is 6.54 Å². The molecule has 0 atom stereocenters. The first-order valence-corrected chi connectivity index (χ1v) is 9.81. The first kappa shape index (κ1) is 22.2. The molecular weight excluding hydrogens is 430 g/mol. The minimum absolute atomic E-state index is 0.00291. The summed E-state index contributed by atoms with van der Waals surface area (Å²) in [6.45, 7) is 8.06. The van der Waals surface area contributed by atoms with Crippen molar-refractivity contribution in [3.8, 4) is 5.75 Å². The predicted molar refractivity (Wildman–Crippen MR) is 108 cm³/mol. The third kappa shape index (κ3) is 6.79. The predicted octanol–water partition coefficient (Wildman–Crippen LogP) is 1.59. The van der Waals surface area contributed by atoms with Crippen molar-refractivity contribution in [3.05, 3.63) is 28.2 Å². The van der Waals surface area contributed by atoms with Crippen LogP contribution in [0.2, 0.25) is 0 Å². The van der Waals surface area contributed by atoms with E-state index < -0.39 is 5.97 Å². The molecule has 1 heterocycles. The Morgan fingerprint density at radius 1 is 1.18 bits per heavy atom. The molecule has 1 aromatic rings. The summed E-state index contributed by atoms with van der Waals surface area (Å²) >= 11 is 3.22. The molecule has 1 aliphatic heterocycles. The van der Waals surface area contributed by atoms with E-state index >= 15 is 0 Å². The van der Waals surface area contributed by atoms with E-state index in [-0.39, 0.29) is 35.3 Å². The second-order valence-corrected chi connectivity index (χ2v) is 8.61. The van der Waals surface area contributed by atoms with Crippen LogP contribution in [0.1, 0.15) is 31.1 Å². The molecule has 0 spiro atoms. The number of piperazine rings is 1. The minimum Gasteiger partial charge on any atom is -0.483 e. The number of nitrogens with one attached hydrogen (secondary N) is 1. The molecule has 8 nitrogen and oxygen atoms in total. The van der Waals surface area contributed by atoms with Gasteiger partial charge in [-0.2, -0.15) is 0 Å². The number of hydrogen-bond donors (Lipinski definition) is 2. The standard InChI is InChI=1S/C19H26BrN3O5/c1-19(2,3)21-16(24)11-22-6-8-23(9-7-22)17(25)12-28-15-5-4-13(20)10-14(15)18(26)27/h4-5,10H,6-9,11-12H2,1-3H3,(H,21,24)(H,26,27). The fourth-order valence-corrected chi connectivity index (χ4v) is 3.20. The van der Waals surface area contributed by atoms with E-state index in [2.05, 4.69) is 21.2 Å². The summed E-state index contributed by atoms with van der Waals surface area (Å²) in [5.41, 5.74) is -0.273. The molecule has 1 aromatic carbocycles. The Bertz CT molecular complexity index is 740. The lowest BCUT2D eigenvalue weighted by molar-refractivity contribution is -0.135. The highest BCUT2D eigenvalue weighted by atomic mass is 79.9. The zero-order chi connectivity index (χ0) is 20.9. The summed E-state index contributed by atoms with van der Waals surface area (Å²) in [5.74, 6) is -1.21. The number of rotatable bonds is 6. The number of hydrogen-bond acceptors (Lipinski definition) is 5. The summed E-state index contributed by atoms with van der Waals surface area (Å²) < 4.78 is 6.06. The number of nitrogens with zero attached hydrogens (tertiary/aromatic N) is 2. The van der Waals surface area contributed by atoms with Gasteiger partial charge in [0.15, 0.2) is 6.61 Å². The summed E-state index contributed by atoms with van der Waals surface area (Å²) in [6.07, 6.45) is 0. The Morgan fingerprint density at radius 3 is 2.39 bits per heavy atom. The number of halogens is 1. The summed E-state index contributed by atoms with van der Waals surface area (Å²) in [7, 11) is 0. The zero-order valence-electron chi connectivity index (χ0n) is 16.3. The monoisotopic (exact) mass is 455 g/mol. The third-order valence-corrected chi connectivity index (χ3v) is 4.62. The lowest BCUT2D eigenvalue weighted by Crippen LogP contribution is -2.53. The normalized spacial score (nSPS) is 15.2. The Kier molecular flexibility index (Phi) is 7.42. The van der Waals surface area contributed by atoms with E-state index in [4.69, 9.17) is 4.74 Å². The van der Waals surface area contributed by atoms with Gasteiger partial charge in [0.2, 0.25) is 5.91 Å². The highest BCUT2D eigenvalue weighted by Crippen LogP contribution is 2.23. The lowest BCUT2D eigenvalue weighted by Gasteiger charge is -2.34. The van der Waals surface area contributed by atoms with Gasteiger partial charge in [0.1, 0.15) is 11.3 Å². The van der Waals surface area contributed by atoms with Crippen LogP contribution in [0.25, 0.3) is 0 Å². The van der Waals surface area contributed by atoms with Crippen LogP contribution in [0.5, 0.6) is 5.75 Å². The molecule has 2 N–H and O–H groups in total. The number of carbonyl (C=O) groups is 3. The first-order valence-electron chi connectivity index (χ1n) is 9.02. The van der Waals surface area contributed by atoms with Crippen LogP contribution in [-0.2, 0) is 9.59 Å². The van der Waals surface area contributed by atoms with E-state index in [1.54, 1.807) is 11.0 Å². The smallest absolute Gasteiger partial charge is 0.339 e. The van der Waals surface area contributed by atoms with Gasteiger partial charge in [0, 0.05) is 36.2 Å². The van der Waals surface area contributed by atoms with Crippen LogP contribution < -0.4 is 10.1 Å². The molecule has 9 heteroatoms. The largest absolute Gasteiger partial charge is 0.483 e. The molecule has 28 heavy (non-hydrogen) atoms. The van der Waals surface area contributed by atoms with Gasteiger partial charge >= 0.3 is 5.97 Å². The van der Waals surface area contributed by atoms with Crippen molar-refractivity contribution in [2.24, 2.45) is 0 Å². The molecule has 154 valence electrons. The second-order valence-electron chi connectivity index (χ2n) is 7.69. The van der Waals surface area contributed by atoms with Crippen molar-refractivity contribution < 1.29 is 24.2 Å². The van der Waals surface area contributed by atoms with Gasteiger partial charge in [-0.25, -0.2) is 4.79 Å². The summed E-state index contributed by atoms with van der Waals surface area (Å²) in [4.78, 5) is 39.4. The van der Waals surface area contributed by atoms with Crippen molar-refractivity contribution in [2.45, 2.75) is 26.3 Å². The van der Waals surface area contributed by atoms with Crippen molar-refractivity contribution in [3.63, 3.8) is 0 Å². The molecule has 0 saturated carbocycles. The molecule has 2 amide bonds. The van der Waals surface area contributed by atoms with E-state index in [9.17, 15) is 19.5 Å².